The molecule has 6 rings (SSSR count). The van der Waals surface area contributed by atoms with Gasteiger partial charge in [0.1, 0.15) is 42.3 Å². The molecule has 0 fully saturated rings. The molecule has 0 amide bonds. The molecule has 6 aromatic carbocycles. The molecule has 27 nitrogen and oxygen atoms in total. The van der Waals surface area contributed by atoms with Crippen LogP contribution >= 0.6 is 49.6 Å². The second-order valence-corrected chi connectivity index (χ2v) is 39.4. The summed E-state index contributed by atoms with van der Waals surface area (Å²) in [5.41, 5.74) is 10.1. The van der Waals surface area contributed by atoms with Gasteiger partial charge in [-0.2, -0.15) is 49.6 Å². The average molecular weight is 2090 g/mol. The minimum atomic E-state index is -0.929. The molecule has 145 heavy (non-hydrogen) atoms. The fraction of sp³-hybridized carbons (Fsp3) is 0.526. The zero-order valence-electron chi connectivity index (χ0n) is 87.5. The molecular formula is C114H170N4O23S4. The number of ketones is 6. The second kappa shape index (κ2) is 83.5. The topological polar surface area (TPSA) is 474 Å². The fourth-order valence-corrected chi connectivity index (χ4v) is 15.3. The van der Waals surface area contributed by atoms with Crippen LogP contribution in [0.1, 0.15) is 333 Å². The quantitative estimate of drug-likeness (QED) is 0.00554. The van der Waals surface area contributed by atoms with Crippen molar-refractivity contribution in [1.29, 1.82) is 0 Å². The number of nitrogens with one attached hydrogen (secondary N) is 3. The van der Waals surface area contributed by atoms with Crippen molar-refractivity contribution in [3.05, 3.63) is 167 Å². The zero-order valence-corrected chi connectivity index (χ0v) is 91.0. The summed E-state index contributed by atoms with van der Waals surface area (Å²) in [6.07, 6.45) is 51.4. The van der Waals surface area contributed by atoms with Crippen LogP contribution in [0.25, 0.3) is 18.2 Å². The summed E-state index contributed by atoms with van der Waals surface area (Å²) in [5.74, 6) is 0.494. The number of carbonyl (C=O) groups excluding carboxylic acids is 9. The Morgan fingerprint density at radius 2 is 0.814 bits per heavy atom. The first-order valence-corrected chi connectivity index (χ1v) is 54.0. The number of hydrogen-bond acceptors (Lipinski definition) is 30. The van der Waals surface area contributed by atoms with Crippen LogP contribution in [0, 0.1) is 0 Å². The van der Waals surface area contributed by atoms with Crippen molar-refractivity contribution in [3.63, 3.8) is 0 Å². The van der Waals surface area contributed by atoms with E-state index in [1.807, 2.05) is 26.8 Å². The molecular weight excluding hydrogens is 1920 g/mol. The van der Waals surface area contributed by atoms with E-state index in [0.29, 0.717) is 104 Å². The number of aldehydes is 3. The van der Waals surface area contributed by atoms with Gasteiger partial charge in [-0.1, -0.05) is 252 Å². The predicted octanol–water partition coefficient (Wildman–Crippen LogP) is 23.9. The largest absolute Gasteiger partial charge is 0.504 e. The number of carboxylic acid groups (broad SMARTS) is 1. The highest BCUT2D eigenvalue weighted by Crippen LogP contribution is 2.37. The summed E-state index contributed by atoms with van der Waals surface area (Å²) in [7, 11) is 2.97. The van der Waals surface area contributed by atoms with Crippen LogP contribution in [0.15, 0.2) is 134 Å². The molecule has 0 aliphatic heterocycles. The smallest absolute Gasteiger partial charge is 0.321 e. The zero-order chi connectivity index (χ0) is 109. The number of hydrogen-bond donors (Lipinski definition) is 18. The molecule has 0 aliphatic rings. The lowest BCUT2D eigenvalue weighted by atomic mass is 9.97. The second-order valence-electron chi connectivity index (χ2n) is 36.5. The van der Waals surface area contributed by atoms with E-state index in [9.17, 15) is 93.9 Å². The predicted molar refractivity (Wildman–Crippen MR) is 598 cm³/mol. The number of phenolic OH excluding ortho intramolecular Hbond substituents is 10. The van der Waals surface area contributed by atoms with Crippen molar-refractivity contribution in [2.75, 3.05) is 42.5 Å². The van der Waals surface area contributed by atoms with Gasteiger partial charge in [0.05, 0.1) is 38.0 Å². The van der Waals surface area contributed by atoms with Crippen molar-refractivity contribution < 1.29 is 114 Å². The maximum Gasteiger partial charge on any atom is 0.321 e. The van der Waals surface area contributed by atoms with Crippen molar-refractivity contribution >= 4 is 133 Å². The van der Waals surface area contributed by atoms with Crippen LogP contribution in [0.2, 0.25) is 0 Å². The number of methoxy groups -OCH3 is 2. The van der Waals surface area contributed by atoms with E-state index in [1.54, 1.807) is 90.7 Å². The van der Waals surface area contributed by atoms with Gasteiger partial charge in [0.15, 0.2) is 86.3 Å². The Morgan fingerprint density at radius 3 is 1.27 bits per heavy atom. The summed E-state index contributed by atoms with van der Waals surface area (Å²) >= 11 is 13.9. The highest BCUT2D eigenvalue weighted by molar-refractivity contribution is 8.00. The lowest BCUT2D eigenvalue weighted by Crippen LogP contribution is -2.41. The van der Waals surface area contributed by atoms with Crippen molar-refractivity contribution in [2.24, 2.45) is 5.73 Å². The van der Waals surface area contributed by atoms with Gasteiger partial charge >= 0.3 is 5.97 Å². The first kappa shape index (κ1) is 134. The Bertz CT molecular complexity index is 4800. The lowest BCUT2D eigenvalue weighted by molar-refractivity contribution is -0.138. The third kappa shape index (κ3) is 67.1. The van der Waals surface area contributed by atoms with Gasteiger partial charge in [-0.15, -0.1) is 0 Å². The van der Waals surface area contributed by atoms with E-state index in [4.69, 9.17) is 25.4 Å². The number of Topliss-reactive ketones (excluding diaryl/α,β-unsaturated/α-hetero) is 3. The summed E-state index contributed by atoms with van der Waals surface area (Å²) in [4.78, 5) is 115. The standard InChI is InChI=1S/C20H29NO4S.2C19H29NO4S.C17H22O3.C16H24O3.C16H22O3.C7H15NO2S/c1-3-4-5-6-16(21-17(13-22)14-26)12-18(23)9-7-15-8-10-19(24)20(11-15)25-2;1-2-3-4-5-6-7-16(22)11-17(20-15(12-21)13-25)14-8-9-18(23)19(24)10-14;1-2-3-4-5-6-7-16(22)9-8-14-10-17(19(24)18(23)11-14)20-15(12-21)13-25;1-3-4-5-6-7-8-15(18)11-9-14-10-12-16(19)17(13-14)20-2;2*1-2-3-4-5-6-7-14(17)10-8-13-9-11-15(18)16(19)12-13;1-7(2,3)11-4-5(8)6(9)10/h7-11,13,16-17,21,24,26H,3-6,12,14H2,1-2H3;8-10,12,15,17,20,23-25H,2-7,11,13H2,1H3;10-12,15,20,23-25H,2-9,13H2,1H3;7-13,19H,3-6H2,1-2H3;9,11-12,18-19H,2-8,10H2,1H3;8-12,18-19H,2-7H2,1H3;5H,4,8H2,1-3H3,(H,9,10)/b9-7+;;;8-7+,11-9+;;10-8+;/t16?,17-;15-,17?;15-;;;;5-/m111...1/s1. The molecule has 808 valence electrons. The number of rotatable bonds is 67. The third-order valence-electron chi connectivity index (χ3n) is 22.5. The van der Waals surface area contributed by atoms with Crippen LogP contribution in [0.5, 0.6) is 69.0 Å². The van der Waals surface area contributed by atoms with Gasteiger partial charge in [0.2, 0.25) is 0 Å². The van der Waals surface area contributed by atoms with Crippen molar-refractivity contribution in [2.45, 2.75) is 347 Å². The first-order chi connectivity index (χ1) is 69.3. The molecule has 6 aromatic rings. The Kier molecular flexibility index (Phi) is 77.4. The molecule has 0 heterocycles. The van der Waals surface area contributed by atoms with E-state index in [1.165, 1.54) is 164 Å². The fourth-order valence-electron chi connectivity index (χ4n) is 13.9. The maximum absolute atomic E-state index is 12.3. The Hall–Kier alpha value is -10.5. The van der Waals surface area contributed by atoms with Gasteiger partial charge < -0.3 is 96.4 Å². The number of benzene rings is 6. The number of phenols is 10. The number of unbranched alkanes of at least 4 members (excludes halogenated alkanes) is 21. The Morgan fingerprint density at radius 1 is 0.407 bits per heavy atom. The number of thiol groups is 3. The molecule has 0 aromatic heterocycles. The van der Waals surface area contributed by atoms with Gasteiger partial charge in [0, 0.05) is 91.2 Å². The molecule has 16 N–H and O–H groups in total. The SMILES string of the molecule is CC(C)(C)SC[C@@H](N)C(=O)O.CCCCC/C=C/C(=O)/C=C/c1ccc(O)c(OC)c1.CCCCCC(CC(=O)/C=C/c1ccc(O)c(OC)c1)N[C@H](C=O)CS.CCCCCCCC(=O)/C=C/c1ccc(O)c(O)c1.CCCCCCCC(=O)CC(N[C@H](C=O)CS)c1ccc(O)c(O)c1.CCCCCCCC(=O)CCc1cc(O)c(O)c(N[C@H](C=O)CS)c1.CCCCCCCC(=O)CCc1ccc(O)c(O)c1. The minimum absolute atomic E-state index is 0.0187. The molecule has 31 heteroatoms. The number of aromatic hydroxyl groups is 10. The van der Waals surface area contributed by atoms with Crippen LogP contribution in [-0.4, -0.2) is 188 Å². The number of aliphatic carboxylic acids is 1. The molecule has 0 aliphatic carbocycles. The van der Waals surface area contributed by atoms with E-state index in [-0.39, 0.29) is 127 Å². The summed E-state index contributed by atoms with van der Waals surface area (Å²) in [6.45, 7) is 19.0. The van der Waals surface area contributed by atoms with Crippen LogP contribution in [-0.2, 0) is 60.8 Å². The number of carboxylic acids is 1. The van der Waals surface area contributed by atoms with Crippen molar-refractivity contribution in [3.8, 4) is 69.0 Å². The number of carbonyl (C=O) groups is 10. The monoisotopic (exact) mass is 2090 g/mol. The number of anilines is 1. The Labute approximate surface area is 883 Å². The molecule has 2 unspecified atom stereocenters. The molecule has 0 bridgehead atoms. The lowest BCUT2D eigenvalue weighted by Gasteiger charge is -2.22. The van der Waals surface area contributed by atoms with E-state index < -0.39 is 30.1 Å². The molecule has 0 saturated carbocycles. The maximum atomic E-state index is 12.3. The van der Waals surface area contributed by atoms with Crippen LogP contribution in [0.3, 0.4) is 0 Å². The van der Waals surface area contributed by atoms with Crippen LogP contribution < -0.4 is 31.2 Å². The van der Waals surface area contributed by atoms with Crippen molar-refractivity contribution in [1.82, 2.24) is 10.6 Å². The molecule has 0 radical (unpaired) electrons. The number of nitrogens with two attached hydrogens (primary N) is 1. The van der Waals surface area contributed by atoms with Gasteiger partial charge in [0.25, 0.3) is 0 Å². The normalized spacial score (nSPS) is 12.3. The number of aryl methyl sites for hydroxylation is 2. The summed E-state index contributed by atoms with van der Waals surface area (Å²) in [6, 6.07) is 24.0. The minimum Gasteiger partial charge on any atom is -0.504 e. The number of thioether (sulfide) groups is 1. The van der Waals surface area contributed by atoms with E-state index >= 15 is 0 Å². The summed E-state index contributed by atoms with van der Waals surface area (Å²) in [5, 5.41) is 113. The number of ether oxygens (including phenoxy) is 2. The summed E-state index contributed by atoms with van der Waals surface area (Å²) < 4.78 is 10.2. The number of allylic oxidation sites excluding steroid dienone is 5. The van der Waals surface area contributed by atoms with Gasteiger partial charge in [-0.25, -0.2) is 0 Å². The highest BCUT2D eigenvalue weighted by Gasteiger charge is 2.23. The Balaban J connectivity index is 0.00000169. The van der Waals surface area contributed by atoms with Gasteiger partial charge in [-0.05, 0) is 188 Å². The van der Waals surface area contributed by atoms with E-state index in [2.05, 4.69) is 95.4 Å². The van der Waals surface area contributed by atoms with Gasteiger partial charge in [-0.3, -0.25) is 38.9 Å². The first-order valence-electron chi connectivity index (χ1n) is 51.1. The molecule has 6 atom stereocenters. The molecule has 0 saturated heterocycles. The van der Waals surface area contributed by atoms with E-state index in [0.717, 1.165) is 131 Å². The highest BCUT2D eigenvalue weighted by atomic mass is 32.2. The molecule has 0 spiro atoms. The average Bonchev–Trinajstić information content (AvgIpc) is 0.822. The van der Waals surface area contributed by atoms with Crippen LogP contribution in [0.4, 0.5) is 5.69 Å². The third-order valence-corrected chi connectivity index (χ3v) is 25.1.